The Kier molecular flexibility index (Phi) is 6.17. The van der Waals surface area contributed by atoms with Crippen LogP contribution in [-0.4, -0.2) is 52.8 Å². The van der Waals surface area contributed by atoms with Crippen molar-refractivity contribution in [1.82, 2.24) is 19.9 Å². The second-order valence-electron chi connectivity index (χ2n) is 8.94. The van der Waals surface area contributed by atoms with E-state index in [0.717, 1.165) is 90.8 Å². The topological polar surface area (TPSA) is 67.3 Å². The lowest BCUT2D eigenvalue weighted by atomic mass is 10.0. The molecule has 1 fully saturated rings. The van der Waals surface area contributed by atoms with Crippen molar-refractivity contribution in [3.05, 3.63) is 58.1 Å². The molecule has 0 unspecified atom stereocenters. The highest BCUT2D eigenvalue weighted by Crippen LogP contribution is 2.33. The number of rotatable bonds is 4. The molecular formula is C25H29ClN6O. The summed E-state index contributed by atoms with van der Waals surface area (Å²) < 4.78 is 5.48. The van der Waals surface area contributed by atoms with E-state index >= 15 is 0 Å². The molecule has 3 aromatic rings. The predicted molar refractivity (Wildman–Crippen MR) is 131 cm³/mol. The van der Waals surface area contributed by atoms with Crippen molar-refractivity contribution in [3.8, 4) is 11.3 Å². The third kappa shape index (κ3) is 4.52. The van der Waals surface area contributed by atoms with Gasteiger partial charge >= 0.3 is 0 Å². The van der Waals surface area contributed by atoms with Gasteiger partial charge in [0.25, 0.3) is 0 Å². The van der Waals surface area contributed by atoms with Crippen molar-refractivity contribution >= 4 is 23.4 Å². The van der Waals surface area contributed by atoms with E-state index in [-0.39, 0.29) is 0 Å². The van der Waals surface area contributed by atoms with Crippen LogP contribution in [0.1, 0.15) is 35.2 Å². The summed E-state index contributed by atoms with van der Waals surface area (Å²) in [5.74, 6) is 1.73. The van der Waals surface area contributed by atoms with Crippen molar-refractivity contribution < 1.29 is 4.74 Å². The summed E-state index contributed by atoms with van der Waals surface area (Å²) in [6.45, 7) is 7.57. The fraction of sp³-hybridized carbons (Fsp3) is 0.440. The van der Waals surface area contributed by atoms with Gasteiger partial charge in [-0.05, 0) is 43.9 Å². The smallest absolute Gasteiger partial charge is 0.225 e. The summed E-state index contributed by atoms with van der Waals surface area (Å²) in [7, 11) is 1.79. The average molecular weight is 465 g/mol. The highest BCUT2D eigenvalue weighted by molar-refractivity contribution is 6.33. The quantitative estimate of drug-likeness (QED) is 0.567. The molecule has 3 aromatic heterocycles. The van der Waals surface area contributed by atoms with Gasteiger partial charge < -0.3 is 14.5 Å². The van der Waals surface area contributed by atoms with E-state index in [2.05, 4.69) is 37.7 Å². The SMILES string of the molecule is COC1CCN(c2ncc3c(n2)CCN(c2cc(-c4ncc(C)cc4C)c(Cl)cn2)C3)CC1. The number of aromatic nitrogens is 4. The molecular weight excluding hydrogens is 436 g/mol. The summed E-state index contributed by atoms with van der Waals surface area (Å²) in [5, 5.41) is 0.612. The second kappa shape index (κ2) is 9.23. The number of hydrogen-bond acceptors (Lipinski definition) is 7. The van der Waals surface area contributed by atoms with Crippen molar-refractivity contribution in [1.29, 1.82) is 0 Å². The third-order valence-electron chi connectivity index (χ3n) is 6.61. The molecule has 5 rings (SSSR count). The minimum Gasteiger partial charge on any atom is -0.381 e. The zero-order valence-electron chi connectivity index (χ0n) is 19.4. The molecule has 0 bridgehead atoms. The summed E-state index contributed by atoms with van der Waals surface area (Å²) >= 11 is 6.52. The van der Waals surface area contributed by atoms with Gasteiger partial charge in [0.05, 0.1) is 22.5 Å². The molecule has 0 radical (unpaired) electrons. The molecule has 2 aliphatic heterocycles. The van der Waals surface area contributed by atoms with Gasteiger partial charge in [-0.2, -0.15) is 0 Å². The Bertz CT molecular complexity index is 1160. The van der Waals surface area contributed by atoms with Crippen LogP contribution in [0.2, 0.25) is 5.02 Å². The fourth-order valence-corrected chi connectivity index (χ4v) is 4.92. The van der Waals surface area contributed by atoms with Crippen molar-refractivity contribution in [2.24, 2.45) is 0 Å². The lowest BCUT2D eigenvalue weighted by molar-refractivity contribution is 0.0816. The number of nitrogens with zero attached hydrogens (tertiary/aromatic N) is 6. The van der Waals surface area contributed by atoms with E-state index in [1.54, 1.807) is 13.3 Å². The van der Waals surface area contributed by atoms with Gasteiger partial charge in [0.2, 0.25) is 5.95 Å². The minimum absolute atomic E-state index is 0.350. The van der Waals surface area contributed by atoms with E-state index < -0.39 is 0 Å². The molecule has 0 N–H and O–H groups in total. The first-order valence-electron chi connectivity index (χ1n) is 11.5. The Morgan fingerprint density at radius 1 is 0.970 bits per heavy atom. The predicted octanol–water partition coefficient (Wildman–Crippen LogP) is 4.38. The highest BCUT2D eigenvalue weighted by atomic mass is 35.5. The van der Waals surface area contributed by atoms with Crippen LogP contribution in [0.25, 0.3) is 11.3 Å². The molecule has 2 aliphatic rings. The molecule has 7 nitrogen and oxygen atoms in total. The van der Waals surface area contributed by atoms with Gasteiger partial charge in [0, 0.05) is 69.4 Å². The third-order valence-corrected chi connectivity index (χ3v) is 6.92. The number of ether oxygens (including phenoxy) is 1. The lowest BCUT2D eigenvalue weighted by Gasteiger charge is -2.33. The number of aryl methyl sites for hydroxylation is 2. The molecule has 33 heavy (non-hydrogen) atoms. The summed E-state index contributed by atoms with van der Waals surface area (Å²) in [5.41, 5.74) is 6.34. The van der Waals surface area contributed by atoms with Crippen LogP contribution in [0.5, 0.6) is 0 Å². The number of pyridine rings is 2. The van der Waals surface area contributed by atoms with Gasteiger partial charge in [-0.1, -0.05) is 17.7 Å². The number of anilines is 2. The van der Waals surface area contributed by atoms with Crippen LogP contribution in [0.15, 0.2) is 30.7 Å². The van der Waals surface area contributed by atoms with Crippen molar-refractivity contribution in [2.75, 3.05) is 36.5 Å². The van der Waals surface area contributed by atoms with Crippen LogP contribution in [0, 0.1) is 13.8 Å². The van der Waals surface area contributed by atoms with Gasteiger partial charge in [0.1, 0.15) is 5.82 Å². The van der Waals surface area contributed by atoms with Crippen molar-refractivity contribution in [2.45, 2.75) is 45.8 Å². The molecule has 8 heteroatoms. The molecule has 1 saturated heterocycles. The van der Waals surface area contributed by atoms with E-state index in [9.17, 15) is 0 Å². The van der Waals surface area contributed by atoms with E-state index in [1.165, 1.54) is 0 Å². The fourth-order valence-electron chi connectivity index (χ4n) is 4.72. The van der Waals surface area contributed by atoms with Crippen LogP contribution in [0.4, 0.5) is 11.8 Å². The van der Waals surface area contributed by atoms with Crippen LogP contribution < -0.4 is 9.80 Å². The maximum Gasteiger partial charge on any atom is 0.225 e. The molecule has 0 amide bonds. The number of methoxy groups -OCH3 is 1. The standard InChI is InChI=1S/C25H29ClN6O/c1-16-10-17(2)24(28-12-16)20-11-23(27-14-21(20)26)32-9-6-22-18(15-32)13-29-25(30-22)31-7-4-19(33-3)5-8-31/h10-14,19H,4-9,15H2,1-3H3. The number of hydrogen-bond donors (Lipinski definition) is 0. The first-order valence-corrected chi connectivity index (χ1v) is 11.9. The maximum absolute atomic E-state index is 6.52. The summed E-state index contributed by atoms with van der Waals surface area (Å²) in [4.78, 5) is 23.4. The normalized spacial score (nSPS) is 16.7. The number of halogens is 1. The molecule has 0 aliphatic carbocycles. The average Bonchev–Trinajstić information content (AvgIpc) is 2.84. The van der Waals surface area contributed by atoms with E-state index in [4.69, 9.17) is 21.3 Å². The Morgan fingerprint density at radius 2 is 1.79 bits per heavy atom. The first-order chi connectivity index (χ1) is 16.0. The van der Waals surface area contributed by atoms with Gasteiger partial charge in [0.15, 0.2) is 0 Å². The maximum atomic E-state index is 6.52. The Labute approximate surface area is 199 Å². The van der Waals surface area contributed by atoms with Crippen LogP contribution in [-0.2, 0) is 17.7 Å². The molecule has 5 heterocycles. The molecule has 172 valence electrons. The summed E-state index contributed by atoms with van der Waals surface area (Å²) in [6.07, 6.45) is 8.84. The molecule has 0 atom stereocenters. The number of fused-ring (bicyclic) bond motifs is 1. The van der Waals surface area contributed by atoms with E-state index in [1.807, 2.05) is 25.4 Å². The Hall–Kier alpha value is -2.77. The number of piperidine rings is 1. The summed E-state index contributed by atoms with van der Waals surface area (Å²) in [6, 6.07) is 4.18. The van der Waals surface area contributed by atoms with Gasteiger partial charge in [-0.15, -0.1) is 0 Å². The lowest BCUT2D eigenvalue weighted by Crippen LogP contribution is -2.38. The molecule has 0 aromatic carbocycles. The monoisotopic (exact) mass is 464 g/mol. The van der Waals surface area contributed by atoms with Gasteiger partial charge in [-0.25, -0.2) is 15.0 Å². The largest absolute Gasteiger partial charge is 0.381 e. The Balaban J connectivity index is 1.35. The van der Waals surface area contributed by atoms with Gasteiger partial charge in [-0.3, -0.25) is 4.98 Å². The van der Waals surface area contributed by atoms with Crippen LogP contribution in [0.3, 0.4) is 0 Å². The second-order valence-corrected chi connectivity index (χ2v) is 9.34. The minimum atomic E-state index is 0.350. The highest BCUT2D eigenvalue weighted by Gasteiger charge is 2.24. The molecule has 0 spiro atoms. The molecule has 0 saturated carbocycles. The first kappa shape index (κ1) is 22.0. The zero-order valence-corrected chi connectivity index (χ0v) is 20.1. The zero-order chi connectivity index (χ0) is 22.9. The van der Waals surface area contributed by atoms with Crippen LogP contribution >= 0.6 is 11.6 Å². The van der Waals surface area contributed by atoms with E-state index in [0.29, 0.717) is 11.1 Å². The van der Waals surface area contributed by atoms with Crippen molar-refractivity contribution in [3.63, 3.8) is 0 Å². The Morgan fingerprint density at radius 3 is 2.55 bits per heavy atom.